The van der Waals surface area contributed by atoms with Crippen molar-refractivity contribution in [2.75, 3.05) is 11.9 Å². The number of aliphatic imine (C=N–C) groups is 1. The third-order valence-corrected chi connectivity index (χ3v) is 3.84. The van der Waals surface area contributed by atoms with Crippen LogP contribution in [0.3, 0.4) is 0 Å². The molecule has 0 radical (unpaired) electrons. The van der Waals surface area contributed by atoms with Gasteiger partial charge in [-0.1, -0.05) is 25.1 Å². The molecule has 0 spiro atoms. The Kier molecular flexibility index (Phi) is 4.37. The second kappa shape index (κ2) is 6.62. The molecule has 0 aliphatic carbocycles. The smallest absolute Gasteiger partial charge is 0.255 e. The minimum Gasteiger partial charge on any atom is -0.352 e. The van der Waals surface area contributed by atoms with Crippen LogP contribution in [0.1, 0.15) is 23.6 Å². The average molecular weight is 325 g/mol. The van der Waals surface area contributed by atoms with E-state index >= 15 is 0 Å². The van der Waals surface area contributed by atoms with Gasteiger partial charge in [-0.15, -0.1) is 0 Å². The Balaban J connectivity index is 2.19. The lowest BCUT2D eigenvalue weighted by molar-refractivity contribution is -0.403. The van der Waals surface area contributed by atoms with Crippen molar-refractivity contribution in [3.05, 3.63) is 87.0 Å². The fourth-order valence-electron chi connectivity index (χ4n) is 2.66. The third kappa shape index (κ3) is 3.17. The van der Waals surface area contributed by atoms with Crippen LogP contribution >= 0.6 is 0 Å². The predicted octanol–water partition coefficient (Wildman–Crippen LogP) is 3.77. The number of benzodiazepines with no additional fused rings is 1. The Hall–Kier alpha value is -3.02. The van der Waals surface area contributed by atoms with E-state index in [-0.39, 0.29) is 12.4 Å². The zero-order chi connectivity index (χ0) is 17.1. The maximum Gasteiger partial charge on any atom is 0.255 e. The largest absolute Gasteiger partial charge is 0.352 e. The monoisotopic (exact) mass is 325 g/mol. The van der Waals surface area contributed by atoms with Gasteiger partial charge in [0.15, 0.2) is 0 Å². The summed E-state index contributed by atoms with van der Waals surface area (Å²) in [5.41, 5.74) is 3.75. The van der Waals surface area contributed by atoms with Crippen molar-refractivity contribution in [2.24, 2.45) is 4.99 Å². The quantitative estimate of drug-likeness (QED) is 0.690. The maximum atomic E-state index is 14.3. The molecule has 2 aromatic carbocycles. The van der Waals surface area contributed by atoms with Crippen LogP contribution in [0.2, 0.25) is 0 Å². The molecule has 24 heavy (non-hydrogen) atoms. The molecule has 0 bridgehead atoms. The molecule has 0 saturated carbocycles. The third-order valence-electron chi connectivity index (χ3n) is 3.84. The van der Waals surface area contributed by atoms with E-state index in [9.17, 15) is 14.5 Å². The van der Waals surface area contributed by atoms with Crippen molar-refractivity contribution in [3.63, 3.8) is 0 Å². The van der Waals surface area contributed by atoms with Gasteiger partial charge in [0.2, 0.25) is 0 Å². The van der Waals surface area contributed by atoms with E-state index in [1.807, 2.05) is 25.1 Å². The summed E-state index contributed by atoms with van der Waals surface area (Å²) in [7, 11) is 0. The van der Waals surface area contributed by atoms with Crippen LogP contribution in [0.15, 0.2) is 59.4 Å². The minimum absolute atomic E-state index is 0.0841. The Morgan fingerprint density at radius 2 is 2.08 bits per heavy atom. The Bertz CT molecular complexity index is 859. The van der Waals surface area contributed by atoms with Crippen LogP contribution in [-0.4, -0.2) is 17.2 Å². The maximum absolute atomic E-state index is 14.3. The lowest BCUT2D eigenvalue weighted by atomic mass is 9.97. The summed E-state index contributed by atoms with van der Waals surface area (Å²) in [5.74, 6) is -0.370. The highest BCUT2D eigenvalue weighted by molar-refractivity contribution is 6.16. The van der Waals surface area contributed by atoms with Gasteiger partial charge < -0.3 is 5.32 Å². The number of nitro groups is 1. The summed E-state index contributed by atoms with van der Waals surface area (Å²) in [5, 5.41) is 13.8. The number of fused-ring (bicyclic) bond motifs is 1. The van der Waals surface area contributed by atoms with Gasteiger partial charge >= 0.3 is 0 Å². The van der Waals surface area contributed by atoms with Gasteiger partial charge in [0.25, 0.3) is 6.20 Å². The van der Waals surface area contributed by atoms with E-state index in [0.29, 0.717) is 22.7 Å². The van der Waals surface area contributed by atoms with E-state index in [4.69, 9.17) is 0 Å². The molecule has 0 aromatic heterocycles. The first-order chi connectivity index (χ1) is 11.6. The second-order valence-electron chi connectivity index (χ2n) is 5.44. The number of halogens is 1. The molecule has 1 aliphatic rings. The summed E-state index contributed by atoms with van der Waals surface area (Å²) in [6.07, 6.45) is 1.72. The molecule has 0 unspecified atom stereocenters. The Morgan fingerprint density at radius 3 is 2.79 bits per heavy atom. The molecule has 1 aliphatic heterocycles. The van der Waals surface area contributed by atoms with Crippen molar-refractivity contribution in [2.45, 2.75) is 13.3 Å². The van der Waals surface area contributed by atoms with Crippen LogP contribution in [-0.2, 0) is 6.42 Å². The first-order valence-electron chi connectivity index (χ1n) is 7.62. The Morgan fingerprint density at radius 1 is 1.29 bits per heavy atom. The van der Waals surface area contributed by atoms with Gasteiger partial charge in [-0.05, 0) is 36.2 Å². The molecular weight excluding hydrogens is 309 g/mol. The topological polar surface area (TPSA) is 67.5 Å². The van der Waals surface area contributed by atoms with Gasteiger partial charge in [0.1, 0.15) is 11.5 Å². The van der Waals surface area contributed by atoms with Crippen LogP contribution in [0.5, 0.6) is 0 Å². The number of aryl methyl sites for hydroxylation is 1. The molecule has 0 saturated heterocycles. The average Bonchev–Trinajstić information content (AvgIpc) is 2.73. The molecule has 3 rings (SSSR count). The predicted molar refractivity (Wildman–Crippen MR) is 91.4 cm³/mol. The molecule has 0 amide bonds. The Labute approximate surface area is 138 Å². The minimum atomic E-state index is -0.522. The lowest BCUT2D eigenvalue weighted by Crippen LogP contribution is -2.08. The highest BCUT2D eigenvalue weighted by Gasteiger charge is 2.20. The summed E-state index contributed by atoms with van der Waals surface area (Å²) >= 11 is 0. The lowest BCUT2D eigenvalue weighted by Gasteiger charge is -2.12. The SMILES string of the molecule is CCc1ccc2c(c1)C(c1ccccc1F)=NC/C(=C/[N+](=O)[O-])N2. The normalized spacial score (nSPS) is 15.2. The first-order valence-corrected chi connectivity index (χ1v) is 7.62. The zero-order valence-electron chi connectivity index (χ0n) is 13.1. The van der Waals surface area contributed by atoms with Crippen molar-refractivity contribution in [3.8, 4) is 0 Å². The number of hydrogen-bond acceptors (Lipinski definition) is 4. The molecule has 2 aromatic rings. The number of hydrogen-bond donors (Lipinski definition) is 1. The number of rotatable bonds is 3. The van der Waals surface area contributed by atoms with Crippen LogP contribution < -0.4 is 5.32 Å². The van der Waals surface area contributed by atoms with Gasteiger partial charge in [0, 0.05) is 16.8 Å². The van der Waals surface area contributed by atoms with E-state index < -0.39 is 4.92 Å². The molecular formula is C18H16FN3O2. The number of nitrogens with one attached hydrogen (secondary N) is 1. The van der Waals surface area contributed by atoms with Crippen LogP contribution in [0.4, 0.5) is 10.1 Å². The van der Waals surface area contributed by atoms with Crippen molar-refractivity contribution >= 4 is 11.4 Å². The standard InChI is InChI=1S/C18H16FN3O2/c1-2-12-7-8-17-15(9-12)18(14-5-3-4-6-16(14)19)20-10-13(21-17)11-22(23)24/h3-9,11,21H,2,10H2,1H3/b13-11-. The van der Waals surface area contributed by atoms with E-state index in [1.165, 1.54) is 6.07 Å². The molecule has 5 nitrogen and oxygen atoms in total. The van der Waals surface area contributed by atoms with Gasteiger partial charge in [-0.2, -0.15) is 0 Å². The summed E-state index contributed by atoms with van der Waals surface area (Å²) in [6.45, 7) is 2.12. The molecule has 1 heterocycles. The van der Waals surface area contributed by atoms with Gasteiger partial charge in [-0.25, -0.2) is 4.39 Å². The summed E-state index contributed by atoms with van der Waals surface area (Å²) < 4.78 is 14.3. The molecule has 1 N–H and O–H groups in total. The van der Waals surface area contributed by atoms with Gasteiger partial charge in [0.05, 0.1) is 17.2 Å². The van der Waals surface area contributed by atoms with Crippen molar-refractivity contribution in [1.82, 2.24) is 0 Å². The summed E-state index contributed by atoms with van der Waals surface area (Å²) in [4.78, 5) is 14.7. The van der Waals surface area contributed by atoms with Crippen LogP contribution in [0, 0.1) is 15.9 Å². The fraction of sp³-hybridized carbons (Fsp3) is 0.167. The van der Waals surface area contributed by atoms with E-state index in [0.717, 1.165) is 23.7 Å². The highest BCUT2D eigenvalue weighted by atomic mass is 19.1. The number of nitrogens with zero attached hydrogens (tertiary/aromatic N) is 2. The summed E-state index contributed by atoms with van der Waals surface area (Å²) in [6, 6.07) is 12.2. The molecule has 0 fully saturated rings. The molecule has 6 heteroatoms. The fourth-order valence-corrected chi connectivity index (χ4v) is 2.66. The van der Waals surface area contributed by atoms with Crippen molar-refractivity contribution < 1.29 is 9.31 Å². The number of anilines is 1. The van der Waals surface area contributed by atoms with Crippen LogP contribution in [0.25, 0.3) is 0 Å². The first kappa shape index (κ1) is 15.9. The zero-order valence-corrected chi connectivity index (χ0v) is 13.1. The highest BCUT2D eigenvalue weighted by Crippen LogP contribution is 2.27. The number of benzene rings is 2. The molecule has 122 valence electrons. The van der Waals surface area contributed by atoms with Crippen molar-refractivity contribution in [1.29, 1.82) is 0 Å². The second-order valence-corrected chi connectivity index (χ2v) is 5.44. The molecule has 0 atom stereocenters. The van der Waals surface area contributed by atoms with E-state index in [1.54, 1.807) is 18.2 Å². The van der Waals surface area contributed by atoms with Gasteiger partial charge in [-0.3, -0.25) is 15.1 Å². The van der Waals surface area contributed by atoms with E-state index in [2.05, 4.69) is 10.3 Å².